The van der Waals surface area contributed by atoms with Crippen molar-refractivity contribution in [2.45, 2.75) is 33.2 Å². The van der Waals surface area contributed by atoms with Gasteiger partial charge in [-0.05, 0) is 37.6 Å². The van der Waals surface area contributed by atoms with E-state index in [1.165, 1.54) is 6.07 Å². The minimum absolute atomic E-state index is 0.130. The van der Waals surface area contributed by atoms with Gasteiger partial charge in [-0.15, -0.1) is 0 Å². The Kier molecular flexibility index (Phi) is 5.65. The van der Waals surface area contributed by atoms with Gasteiger partial charge in [0.05, 0.1) is 10.7 Å². The molecule has 0 fully saturated rings. The molecule has 112 valence electrons. The molecule has 0 aliphatic heterocycles. The van der Waals surface area contributed by atoms with Crippen LogP contribution in [0, 0.1) is 12.7 Å². The summed E-state index contributed by atoms with van der Waals surface area (Å²) in [5.41, 5.74) is 2.32. The molecule has 3 nitrogen and oxygen atoms in total. The van der Waals surface area contributed by atoms with E-state index < -0.39 is 5.82 Å². The summed E-state index contributed by atoms with van der Waals surface area (Å²) in [7, 11) is 0. The van der Waals surface area contributed by atoms with Crippen molar-refractivity contribution < 1.29 is 4.39 Å². The predicted molar refractivity (Wildman–Crippen MR) is 83.0 cm³/mol. The largest absolute Gasteiger partial charge is 0.311 e. The van der Waals surface area contributed by atoms with E-state index in [0.717, 1.165) is 24.4 Å². The van der Waals surface area contributed by atoms with Gasteiger partial charge in [0.25, 0.3) is 0 Å². The lowest BCUT2D eigenvalue weighted by atomic mass is 10.1. The summed E-state index contributed by atoms with van der Waals surface area (Å²) in [4.78, 5) is 8.87. The quantitative estimate of drug-likeness (QED) is 0.828. The maximum absolute atomic E-state index is 13.9. The van der Waals surface area contributed by atoms with Crippen LogP contribution in [0.25, 0.3) is 0 Å². The van der Waals surface area contributed by atoms with Crippen molar-refractivity contribution in [3.8, 4) is 0 Å². The maximum Gasteiger partial charge on any atom is 0.145 e. The number of nitrogens with zero attached hydrogens (tertiary/aromatic N) is 2. The monoisotopic (exact) mass is 307 g/mol. The van der Waals surface area contributed by atoms with Gasteiger partial charge in [0.1, 0.15) is 11.6 Å². The second-order valence-corrected chi connectivity index (χ2v) is 5.39. The van der Waals surface area contributed by atoms with Crippen molar-refractivity contribution in [2.75, 3.05) is 6.54 Å². The summed E-state index contributed by atoms with van der Waals surface area (Å²) in [5, 5.41) is 3.43. The minimum atomic E-state index is -0.394. The lowest BCUT2D eigenvalue weighted by molar-refractivity contribution is 0.611. The van der Waals surface area contributed by atoms with E-state index in [-0.39, 0.29) is 5.02 Å². The Morgan fingerprint density at radius 2 is 2.10 bits per heavy atom. The van der Waals surface area contributed by atoms with E-state index in [9.17, 15) is 4.39 Å². The highest BCUT2D eigenvalue weighted by molar-refractivity contribution is 6.30. The van der Waals surface area contributed by atoms with Gasteiger partial charge >= 0.3 is 0 Å². The van der Waals surface area contributed by atoms with Crippen LogP contribution in [-0.4, -0.2) is 16.5 Å². The normalized spacial score (nSPS) is 10.9. The molecule has 0 unspecified atom stereocenters. The van der Waals surface area contributed by atoms with Gasteiger partial charge < -0.3 is 5.32 Å². The number of aromatic nitrogens is 2. The molecule has 1 aromatic carbocycles. The summed E-state index contributed by atoms with van der Waals surface area (Å²) in [5.74, 6) is 0.222. The molecule has 0 saturated carbocycles. The van der Waals surface area contributed by atoms with Crippen molar-refractivity contribution in [3.05, 3.63) is 57.9 Å². The van der Waals surface area contributed by atoms with Gasteiger partial charge in [-0.25, -0.2) is 14.4 Å². The van der Waals surface area contributed by atoms with E-state index in [4.69, 9.17) is 11.6 Å². The summed E-state index contributed by atoms with van der Waals surface area (Å²) in [6, 6.07) is 6.93. The molecule has 1 N–H and O–H groups in total. The molecule has 2 aromatic rings. The van der Waals surface area contributed by atoms with Crippen LogP contribution in [0.5, 0.6) is 0 Å². The lowest BCUT2D eigenvalue weighted by Crippen LogP contribution is -2.16. The van der Waals surface area contributed by atoms with E-state index in [1.807, 2.05) is 13.0 Å². The van der Waals surface area contributed by atoms with Gasteiger partial charge in [0, 0.05) is 18.7 Å². The number of hydrogen-bond donors (Lipinski definition) is 1. The van der Waals surface area contributed by atoms with E-state index >= 15 is 0 Å². The molecule has 21 heavy (non-hydrogen) atoms. The molecule has 0 saturated heterocycles. The van der Waals surface area contributed by atoms with Crippen LogP contribution in [0.1, 0.15) is 36.1 Å². The zero-order valence-corrected chi connectivity index (χ0v) is 13.0. The third kappa shape index (κ3) is 4.48. The Hall–Kier alpha value is -1.52. The number of hydrogen-bond acceptors (Lipinski definition) is 3. The molecule has 0 amide bonds. The summed E-state index contributed by atoms with van der Waals surface area (Å²) >= 11 is 5.80. The fraction of sp³-hybridized carbons (Fsp3) is 0.375. The average molecular weight is 308 g/mol. The first-order valence-corrected chi connectivity index (χ1v) is 7.45. The number of rotatable bonds is 6. The molecule has 0 radical (unpaired) electrons. The molecule has 0 aliphatic carbocycles. The van der Waals surface area contributed by atoms with Crippen molar-refractivity contribution in [3.63, 3.8) is 0 Å². The topological polar surface area (TPSA) is 37.8 Å². The molecule has 1 heterocycles. The van der Waals surface area contributed by atoms with Crippen molar-refractivity contribution in [1.29, 1.82) is 0 Å². The summed E-state index contributed by atoms with van der Waals surface area (Å²) in [6.45, 7) is 5.68. The third-order valence-corrected chi connectivity index (χ3v) is 3.36. The van der Waals surface area contributed by atoms with Crippen LogP contribution in [0.4, 0.5) is 4.39 Å². The SMILES string of the molecule is CCCNCc1cc(C)nc(Cc2cccc(Cl)c2F)n1. The average Bonchev–Trinajstić information content (AvgIpc) is 2.44. The van der Waals surface area contributed by atoms with Crippen LogP contribution in [0.2, 0.25) is 5.02 Å². The van der Waals surface area contributed by atoms with Gasteiger partial charge in [-0.1, -0.05) is 30.7 Å². The standard InChI is InChI=1S/C16H19ClFN3/c1-3-7-19-10-13-8-11(2)20-15(21-13)9-12-5-4-6-14(17)16(12)18/h4-6,8,19H,3,7,9-10H2,1-2H3. The van der Waals surface area contributed by atoms with Crippen LogP contribution in [0.3, 0.4) is 0 Å². The number of nitrogens with one attached hydrogen (secondary N) is 1. The first-order valence-electron chi connectivity index (χ1n) is 7.07. The second kappa shape index (κ2) is 7.48. The molecule has 5 heteroatoms. The molecule has 2 rings (SSSR count). The number of aryl methyl sites for hydroxylation is 1. The van der Waals surface area contributed by atoms with Gasteiger partial charge in [0.2, 0.25) is 0 Å². The Morgan fingerprint density at radius 1 is 1.29 bits per heavy atom. The van der Waals surface area contributed by atoms with E-state index in [1.54, 1.807) is 12.1 Å². The fourth-order valence-corrected chi connectivity index (χ4v) is 2.31. The molecule has 1 aromatic heterocycles. The number of benzene rings is 1. The van der Waals surface area contributed by atoms with Crippen LogP contribution >= 0.6 is 11.6 Å². The molecule has 0 bridgehead atoms. The maximum atomic E-state index is 13.9. The Balaban J connectivity index is 2.17. The molecule has 0 spiro atoms. The van der Waals surface area contributed by atoms with Crippen molar-refractivity contribution >= 4 is 11.6 Å². The third-order valence-electron chi connectivity index (χ3n) is 3.07. The van der Waals surface area contributed by atoms with Gasteiger partial charge in [-0.2, -0.15) is 0 Å². The minimum Gasteiger partial charge on any atom is -0.311 e. The van der Waals surface area contributed by atoms with Crippen molar-refractivity contribution in [1.82, 2.24) is 15.3 Å². The highest BCUT2D eigenvalue weighted by Crippen LogP contribution is 2.19. The Morgan fingerprint density at radius 3 is 2.86 bits per heavy atom. The second-order valence-electron chi connectivity index (χ2n) is 4.98. The molecule has 0 atom stereocenters. The highest BCUT2D eigenvalue weighted by atomic mass is 35.5. The Labute approximate surface area is 129 Å². The van der Waals surface area contributed by atoms with Crippen LogP contribution in [0.15, 0.2) is 24.3 Å². The highest BCUT2D eigenvalue weighted by Gasteiger charge is 2.10. The van der Waals surface area contributed by atoms with Crippen LogP contribution < -0.4 is 5.32 Å². The first kappa shape index (κ1) is 15.9. The van der Waals surface area contributed by atoms with E-state index in [2.05, 4.69) is 22.2 Å². The smallest absolute Gasteiger partial charge is 0.145 e. The van der Waals surface area contributed by atoms with Gasteiger partial charge in [-0.3, -0.25) is 0 Å². The van der Waals surface area contributed by atoms with Gasteiger partial charge in [0.15, 0.2) is 0 Å². The van der Waals surface area contributed by atoms with Crippen molar-refractivity contribution in [2.24, 2.45) is 0 Å². The molecular weight excluding hydrogens is 289 g/mol. The molecular formula is C16H19ClFN3. The summed E-state index contributed by atoms with van der Waals surface area (Å²) < 4.78 is 13.9. The molecule has 0 aliphatic rings. The summed E-state index contributed by atoms with van der Waals surface area (Å²) in [6.07, 6.45) is 1.42. The zero-order valence-electron chi connectivity index (χ0n) is 12.3. The zero-order chi connectivity index (χ0) is 15.2. The predicted octanol–water partition coefficient (Wildman–Crippen LogP) is 3.67. The fourth-order valence-electron chi connectivity index (χ4n) is 2.12. The Bertz CT molecular complexity index is 616. The first-order chi connectivity index (χ1) is 10.1. The number of halogens is 2. The lowest BCUT2D eigenvalue weighted by Gasteiger charge is -2.08. The van der Waals surface area contributed by atoms with Crippen LogP contribution in [-0.2, 0) is 13.0 Å². The van der Waals surface area contributed by atoms with E-state index in [0.29, 0.717) is 24.4 Å².